The maximum Gasteiger partial charge on any atom is 0.338 e. The van der Waals surface area contributed by atoms with E-state index in [0.717, 1.165) is 24.1 Å². The number of esters is 1. The third kappa shape index (κ3) is 5.72. The molecule has 1 aromatic heterocycles. The third-order valence-electron chi connectivity index (χ3n) is 5.74. The summed E-state index contributed by atoms with van der Waals surface area (Å²) in [5.74, 6) is -1.60. The minimum atomic E-state index is -3.55. The van der Waals surface area contributed by atoms with Crippen LogP contribution in [0.15, 0.2) is 77.7 Å². The number of aromatic nitrogens is 1. The van der Waals surface area contributed by atoms with Crippen LogP contribution in [0.3, 0.4) is 0 Å². The van der Waals surface area contributed by atoms with Gasteiger partial charge in [0, 0.05) is 34.8 Å². The van der Waals surface area contributed by atoms with Crippen molar-refractivity contribution in [2.24, 2.45) is 0 Å². The zero-order chi connectivity index (χ0) is 26.7. The maximum absolute atomic E-state index is 14.2. The molecule has 0 amide bonds. The van der Waals surface area contributed by atoms with Crippen LogP contribution in [0.1, 0.15) is 28.5 Å². The van der Waals surface area contributed by atoms with E-state index in [4.69, 9.17) is 9.47 Å². The number of nitrogens with zero attached hydrogens (tertiary/aromatic N) is 1. The summed E-state index contributed by atoms with van der Waals surface area (Å²) in [4.78, 5) is 12.4. The van der Waals surface area contributed by atoms with Crippen molar-refractivity contribution in [2.45, 2.75) is 25.3 Å². The summed E-state index contributed by atoms with van der Waals surface area (Å²) < 4.78 is 65.1. The van der Waals surface area contributed by atoms with E-state index in [9.17, 15) is 22.0 Å². The van der Waals surface area contributed by atoms with E-state index >= 15 is 0 Å². The predicted octanol–water partition coefficient (Wildman–Crippen LogP) is 5.89. The van der Waals surface area contributed by atoms with Gasteiger partial charge in [-0.25, -0.2) is 22.0 Å². The lowest BCUT2D eigenvalue weighted by Gasteiger charge is -2.17. The molecule has 0 unspecified atom stereocenters. The fourth-order valence-corrected chi connectivity index (χ4v) is 4.59. The zero-order valence-corrected chi connectivity index (χ0v) is 21.3. The van der Waals surface area contributed by atoms with Crippen molar-refractivity contribution in [1.82, 2.24) is 4.57 Å². The molecular weight excluding hydrogens is 500 g/mol. The van der Waals surface area contributed by atoms with E-state index in [-0.39, 0.29) is 23.7 Å². The first kappa shape index (κ1) is 26.1. The van der Waals surface area contributed by atoms with Gasteiger partial charge in [0.2, 0.25) is 0 Å². The lowest BCUT2D eigenvalue weighted by Crippen LogP contribution is -2.07. The van der Waals surface area contributed by atoms with Gasteiger partial charge in [-0.1, -0.05) is 6.07 Å². The second kappa shape index (κ2) is 10.6. The van der Waals surface area contributed by atoms with Crippen molar-refractivity contribution in [1.29, 1.82) is 0 Å². The number of sulfone groups is 1. The van der Waals surface area contributed by atoms with Crippen molar-refractivity contribution in [3.63, 3.8) is 0 Å². The van der Waals surface area contributed by atoms with Crippen LogP contribution in [0.5, 0.6) is 5.75 Å². The Morgan fingerprint density at radius 3 is 2.46 bits per heavy atom. The van der Waals surface area contributed by atoms with Crippen LogP contribution in [0.2, 0.25) is 0 Å². The number of hydrogen-bond donors (Lipinski definition) is 0. The van der Waals surface area contributed by atoms with E-state index in [1.807, 2.05) is 23.6 Å². The Kier molecular flexibility index (Phi) is 7.45. The highest BCUT2D eigenvalue weighted by molar-refractivity contribution is 7.90. The Labute approximate surface area is 214 Å². The monoisotopic (exact) mass is 525 g/mol. The zero-order valence-electron chi connectivity index (χ0n) is 20.5. The van der Waals surface area contributed by atoms with Crippen LogP contribution < -0.4 is 4.74 Å². The van der Waals surface area contributed by atoms with Gasteiger partial charge in [-0.15, -0.1) is 0 Å². The van der Waals surface area contributed by atoms with Gasteiger partial charge in [-0.3, -0.25) is 0 Å². The number of rotatable bonds is 8. The predicted molar refractivity (Wildman–Crippen MR) is 136 cm³/mol. The van der Waals surface area contributed by atoms with Crippen molar-refractivity contribution in [3.05, 3.63) is 101 Å². The Hall–Kier alpha value is -3.98. The quantitative estimate of drug-likeness (QED) is 0.268. The van der Waals surface area contributed by atoms with E-state index in [2.05, 4.69) is 0 Å². The number of ether oxygens (including phenoxy) is 2. The molecule has 0 saturated carbocycles. The maximum atomic E-state index is 14.2. The number of hydrogen-bond acceptors (Lipinski definition) is 5. The third-order valence-corrected chi connectivity index (χ3v) is 6.86. The van der Waals surface area contributed by atoms with E-state index < -0.39 is 27.4 Å². The van der Waals surface area contributed by atoms with Crippen molar-refractivity contribution in [2.75, 3.05) is 12.9 Å². The molecule has 9 heteroatoms. The molecule has 0 aliphatic heterocycles. The Morgan fingerprint density at radius 1 is 0.973 bits per heavy atom. The molecule has 4 rings (SSSR count). The average Bonchev–Trinajstić information content (AvgIpc) is 3.24. The van der Waals surface area contributed by atoms with Gasteiger partial charge in [0.1, 0.15) is 24.0 Å². The summed E-state index contributed by atoms with van der Waals surface area (Å²) in [7, 11) is -3.55. The van der Waals surface area contributed by atoms with Gasteiger partial charge in [-0.05, 0) is 74.5 Å². The summed E-state index contributed by atoms with van der Waals surface area (Å²) in [5, 5.41) is 0. The highest BCUT2D eigenvalue weighted by Crippen LogP contribution is 2.36. The molecule has 0 bridgehead atoms. The fraction of sp³-hybridized carbons (Fsp3) is 0.179. The number of benzene rings is 3. The summed E-state index contributed by atoms with van der Waals surface area (Å²) >= 11 is 0. The van der Waals surface area contributed by atoms with Crippen LogP contribution in [-0.4, -0.2) is 31.8 Å². The molecule has 0 N–H and O–H groups in total. The molecule has 4 aromatic rings. The van der Waals surface area contributed by atoms with Gasteiger partial charge < -0.3 is 14.0 Å². The van der Waals surface area contributed by atoms with Crippen LogP contribution in [0.4, 0.5) is 8.78 Å². The fourth-order valence-electron chi connectivity index (χ4n) is 3.94. The van der Waals surface area contributed by atoms with Crippen LogP contribution >= 0.6 is 0 Å². The molecule has 0 aliphatic carbocycles. The molecule has 6 nitrogen and oxygen atoms in total. The highest BCUT2D eigenvalue weighted by atomic mass is 32.2. The highest BCUT2D eigenvalue weighted by Gasteiger charge is 2.19. The minimum absolute atomic E-state index is 0.0773. The first-order chi connectivity index (χ1) is 17.6. The molecule has 0 aliphatic rings. The molecule has 0 atom stereocenters. The van der Waals surface area contributed by atoms with E-state index in [0.29, 0.717) is 28.3 Å². The second-order valence-corrected chi connectivity index (χ2v) is 10.4. The molecule has 1 heterocycles. The van der Waals surface area contributed by atoms with Gasteiger partial charge in [0.15, 0.2) is 9.84 Å². The molecule has 37 heavy (non-hydrogen) atoms. The second-order valence-electron chi connectivity index (χ2n) is 8.42. The average molecular weight is 526 g/mol. The number of carbonyl (C=O) groups excluding carboxylic acids is 1. The van der Waals surface area contributed by atoms with Crippen molar-refractivity contribution >= 4 is 15.8 Å². The van der Waals surface area contributed by atoms with Crippen LogP contribution in [0.25, 0.3) is 16.9 Å². The Bertz CT molecular complexity index is 1580. The van der Waals surface area contributed by atoms with Crippen molar-refractivity contribution in [3.8, 4) is 22.7 Å². The Balaban J connectivity index is 1.82. The molecule has 3 aromatic carbocycles. The minimum Gasteiger partial charge on any atom is -0.488 e. The van der Waals surface area contributed by atoms with Gasteiger partial charge >= 0.3 is 5.97 Å². The molecule has 0 saturated heterocycles. The summed E-state index contributed by atoms with van der Waals surface area (Å²) in [6.07, 6.45) is 1.10. The van der Waals surface area contributed by atoms with Crippen molar-refractivity contribution < 1.29 is 31.5 Å². The topological polar surface area (TPSA) is 74.6 Å². The molecule has 0 spiro atoms. The summed E-state index contributed by atoms with van der Waals surface area (Å²) in [6, 6.07) is 18.2. The normalized spacial score (nSPS) is 11.4. The molecule has 192 valence electrons. The molecular formula is C28H25F2NO5S. The molecule has 0 radical (unpaired) electrons. The number of aryl methyl sites for hydroxylation is 1. The van der Waals surface area contributed by atoms with Crippen LogP contribution in [0, 0.1) is 18.6 Å². The SMILES string of the molecule is CCOC(=O)c1cccc(-n2c(C)ccc2-c2cc(S(C)(=O)=O)ccc2OCc2ccc(F)cc2F)c1. The summed E-state index contributed by atoms with van der Waals surface area (Å²) in [6.45, 7) is 3.64. The summed E-state index contributed by atoms with van der Waals surface area (Å²) in [5.41, 5.74) is 3.03. The van der Waals surface area contributed by atoms with E-state index in [1.54, 1.807) is 31.2 Å². The Morgan fingerprint density at radius 2 is 1.76 bits per heavy atom. The number of halogens is 2. The first-order valence-electron chi connectivity index (χ1n) is 11.5. The smallest absolute Gasteiger partial charge is 0.338 e. The molecule has 0 fully saturated rings. The lowest BCUT2D eigenvalue weighted by molar-refractivity contribution is 0.0526. The first-order valence-corrected chi connectivity index (χ1v) is 13.3. The van der Waals surface area contributed by atoms with Gasteiger partial charge in [0.25, 0.3) is 0 Å². The number of carbonyl (C=O) groups is 1. The van der Waals surface area contributed by atoms with Crippen LogP contribution in [-0.2, 0) is 21.2 Å². The van der Waals surface area contributed by atoms with Gasteiger partial charge in [-0.2, -0.15) is 0 Å². The lowest BCUT2D eigenvalue weighted by atomic mass is 10.1. The standard InChI is InChI=1S/C28H25F2NO5S/c1-4-35-28(32)19-6-5-7-22(14-19)31-18(2)8-12-26(31)24-16-23(37(3,33)34)11-13-27(24)36-17-20-9-10-21(29)15-25(20)30/h5-16H,4,17H2,1-3H3. The van der Waals surface area contributed by atoms with Gasteiger partial charge in [0.05, 0.1) is 22.8 Å². The largest absolute Gasteiger partial charge is 0.488 e. The van der Waals surface area contributed by atoms with E-state index in [1.165, 1.54) is 24.3 Å².